The van der Waals surface area contributed by atoms with Crippen molar-refractivity contribution >= 4 is 21.9 Å². The van der Waals surface area contributed by atoms with Crippen LogP contribution >= 0.6 is 15.9 Å². The van der Waals surface area contributed by atoms with Crippen LogP contribution in [-0.4, -0.2) is 25.3 Å². The predicted octanol–water partition coefficient (Wildman–Crippen LogP) is 1.95. The second-order valence-electron chi connectivity index (χ2n) is 2.47. The van der Waals surface area contributed by atoms with Crippen molar-refractivity contribution in [1.29, 1.82) is 0 Å². The van der Waals surface area contributed by atoms with Gasteiger partial charge in [-0.2, -0.15) is 0 Å². The number of hydrogen-bond acceptors (Lipinski definition) is 4. The van der Waals surface area contributed by atoms with Crippen LogP contribution in [0.3, 0.4) is 0 Å². The smallest absolute Gasteiger partial charge is 0.339 e. The molecule has 0 heterocycles. The molecule has 0 spiro atoms. The van der Waals surface area contributed by atoms with Crippen molar-refractivity contribution in [1.82, 2.24) is 0 Å². The third-order valence-corrected chi connectivity index (χ3v) is 2.51. The second-order valence-corrected chi connectivity index (χ2v) is 3.26. The van der Waals surface area contributed by atoms with Crippen LogP contribution in [0.25, 0.3) is 0 Å². The summed E-state index contributed by atoms with van der Waals surface area (Å²) < 4.78 is 9.65. The number of methoxy groups -OCH3 is 2. The molecule has 0 aliphatic heterocycles. The number of rotatable bonds is 2. The van der Waals surface area contributed by atoms with Gasteiger partial charge in [0.15, 0.2) is 11.5 Å². The molecule has 76 valence electrons. The first-order valence-electron chi connectivity index (χ1n) is 3.75. The summed E-state index contributed by atoms with van der Waals surface area (Å²) in [7, 11) is 2.70. The zero-order chi connectivity index (χ0) is 10.7. The molecular formula is C9H9BrO4. The normalized spacial score (nSPS) is 9.64. The molecule has 1 N–H and O–H groups in total. The van der Waals surface area contributed by atoms with Crippen LogP contribution in [0.5, 0.6) is 11.5 Å². The molecule has 0 radical (unpaired) electrons. The molecule has 0 saturated heterocycles. The number of carbonyl (C=O) groups is 1. The fourth-order valence-corrected chi connectivity index (χ4v) is 1.47. The Morgan fingerprint density at radius 3 is 2.57 bits per heavy atom. The van der Waals surface area contributed by atoms with Gasteiger partial charge in [-0.3, -0.25) is 0 Å². The van der Waals surface area contributed by atoms with Gasteiger partial charge in [-0.05, 0) is 28.1 Å². The maximum atomic E-state index is 11.2. The third-order valence-electron chi connectivity index (χ3n) is 1.70. The topological polar surface area (TPSA) is 55.8 Å². The molecule has 4 nitrogen and oxygen atoms in total. The Bertz CT molecular complexity index is 362. The lowest BCUT2D eigenvalue weighted by Gasteiger charge is -2.07. The van der Waals surface area contributed by atoms with E-state index < -0.39 is 5.97 Å². The number of ether oxygens (including phenoxy) is 2. The summed E-state index contributed by atoms with van der Waals surface area (Å²) in [5, 5.41) is 9.54. The SMILES string of the molecule is COC(=O)c1ccc(OC)c(O)c1Br. The number of phenolic OH excluding ortho intramolecular Hbond substituents is 1. The Hall–Kier alpha value is -1.23. The number of esters is 1. The first kappa shape index (κ1) is 10.8. The monoisotopic (exact) mass is 260 g/mol. The minimum absolute atomic E-state index is 0.115. The summed E-state index contributed by atoms with van der Waals surface area (Å²) in [6.45, 7) is 0. The van der Waals surface area contributed by atoms with Gasteiger partial charge in [-0.1, -0.05) is 0 Å². The highest BCUT2D eigenvalue weighted by atomic mass is 79.9. The molecule has 0 bridgehead atoms. The van der Waals surface area contributed by atoms with E-state index in [2.05, 4.69) is 20.7 Å². The summed E-state index contributed by atoms with van der Waals surface area (Å²) in [6.07, 6.45) is 0. The molecule has 0 amide bonds. The van der Waals surface area contributed by atoms with Crippen LogP contribution in [-0.2, 0) is 4.74 Å². The zero-order valence-corrected chi connectivity index (χ0v) is 9.29. The molecule has 0 unspecified atom stereocenters. The van der Waals surface area contributed by atoms with Crippen molar-refractivity contribution in [3.63, 3.8) is 0 Å². The number of phenols is 1. The highest BCUT2D eigenvalue weighted by Crippen LogP contribution is 2.36. The predicted molar refractivity (Wildman–Crippen MR) is 53.7 cm³/mol. The minimum atomic E-state index is -0.519. The maximum Gasteiger partial charge on any atom is 0.339 e. The Morgan fingerprint density at radius 1 is 1.43 bits per heavy atom. The average Bonchev–Trinajstić information content (AvgIpc) is 2.21. The van der Waals surface area contributed by atoms with Gasteiger partial charge in [0, 0.05) is 0 Å². The molecule has 0 aliphatic carbocycles. The summed E-state index contributed by atoms with van der Waals surface area (Å²) in [5.74, 6) is -0.338. The Kier molecular flexibility index (Phi) is 3.35. The van der Waals surface area contributed by atoms with Crippen molar-refractivity contribution in [3.05, 3.63) is 22.2 Å². The Morgan fingerprint density at radius 2 is 2.07 bits per heavy atom. The standard InChI is InChI=1S/C9H9BrO4/c1-13-6-4-3-5(9(12)14-2)7(10)8(6)11/h3-4,11H,1-2H3. The van der Waals surface area contributed by atoms with Gasteiger partial charge < -0.3 is 14.6 Å². The quantitative estimate of drug-likeness (QED) is 0.826. The first-order chi connectivity index (χ1) is 6.61. The zero-order valence-electron chi connectivity index (χ0n) is 7.70. The van der Waals surface area contributed by atoms with Crippen LogP contribution in [0.2, 0.25) is 0 Å². The molecule has 0 saturated carbocycles. The van der Waals surface area contributed by atoms with Crippen LogP contribution in [0.4, 0.5) is 0 Å². The maximum absolute atomic E-state index is 11.2. The summed E-state index contributed by atoms with van der Waals surface area (Å²) in [4.78, 5) is 11.2. The highest BCUT2D eigenvalue weighted by molar-refractivity contribution is 9.10. The number of halogens is 1. The first-order valence-corrected chi connectivity index (χ1v) is 4.55. The number of carbonyl (C=O) groups excluding carboxylic acids is 1. The molecule has 0 aromatic heterocycles. The molecular weight excluding hydrogens is 252 g/mol. The third kappa shape index (κ3) is 1.82. The minimum Gasteiger partial charge on any atom is -0.503 e. The van der Waals surface area contributed by atoms with Crippen molar-refractivity contribution in [3.8, 4) is 11.5 Å². The number of hydrogen-bond donors (Lipinski definition) is 1. The van der Waals surface area contributed by atoms with E-state index in [4.69, 9.17) is 4.74 Å². The highest BCUT2D eigenvalue weighted by Gasteiger charge is 2.16. The van der Waals surface area contributed by atoms with Gasteiger partial charge in [0.2, 0.25) is 0 Å². The van der Waals surface area contributed by atoms with Crippen LogP contribution in [0, 0.1) is 0 Å². The van der Waals surface area contributed by atoms with E-state index in [0.717, 1.165) is 0 Å². The molecule has 0 atom stereocenters. The molecule has 1 aromatic carbocycles. The van der Waals surface area contributed by atoms with Crippen molar-refractivity contribution < 1.29 is 19.4 Å². The summed E-state index contributed by atoms with van der Waals surface area (Å²) in [6, 6.07) is 3.00. The fourth-order valence-electron chi connectivity index (χ4n) is 0.979. The van der Waals surface area contributed by atoms with Gasteiger partial charge in [-0.15, -0.1) is 0 Å². The molecule has 5 heteroatoms. The van der Waals surface area contributed by atoms with Crippen molar-refractivity contribution in [2.75, 3.05) is 14.2 Å². The van der Waals surface area contributed by atoms with E-state index >= 15 is 0 Å². The average molecular weight is 261 g/mol. The lowest BCUT2D eigenvalue weighted by atomic mass is 10.2. The van der Waals surface area contributed by atoms with Gasteiger partial charge in [-0.25, -0.2) is 4.79 Å². The van der Waals surface area contributed by atoms with E-state index in [1.165, 1.54) is 26.4 Å². The molecule has 14 heavy (non-hydrogen) atoms. The van der Waals surface area contributed by atoms with Crippen LogP contribution in [0.15, 0.2) is 16.6 Å². The Balaban J connectivity index is 3.24. The van der Waals surface area contributed by atoms with E-state index in [9.17, 15) is 9.90 Å². The largest absolute Gasteiger partial charge is 0.503 e. The van der Waals surface area contributed by atoms with Gasteiger partial charge in [0.25, 0.3) is 0 Å². The molecule has 1 aromatic rings. The van der Waals surface area contributed by atoms with Gasteiger partial charge >= 0.3 is 5.97 Å². The van der Waals surface area contributed by atoms with E-state index in [-0.39, 0.29) is 15.8 Å². The number of aromatic hydroxyl groups is 1. The van der Waals surface area contributed by atoms with E-state index in [1.807, 2.05) is 0 Å². The summed E-state index contributed by atoms with van der Waals surface area (Å²) >= 11 is 3.08. The van der Waals surface area contributed by atoms with Gasteiger partial charge in [0.1, 0.15) is 0 Å². The Labute approximate surface area is 89.6 Å². The molecule has 0 aliphatic rings. The number of benzene rings is 1. The van der Waals surface area contributed by atoms with Crippen molar-refractivity contribution in [2.45, 2.75) is 0 Å². The second kappa shape index (κ2) is 4.32. The van der Waals surface area contributed by atoms with E-state index in [0.29, 0.717) is 5.75 Å². The molecule has 0 fully saturated rings. The molecule has 1 rings (SSSR count). The van der Waals surface area contributed by atoms with Gasteiger partial charge in [0.05, 0.1) is 24.3 Å². The van der Waals surface area contributed by atoms with Crippen LogP contribution in [0.1, 0.15) is 10.4 Å². The van der Waals surface area contributed by atoms with Crippen molar-refractivity contribution in [2.24, 2.45) is 0 Å². The van der Waals surface area contributed by atoms with E-state index in [1.54, 1.807) is 0 Å². The lowest BCUT2D eigenvalue weighted by molar-refractivity contribution is 0.0599. The lowest BCUT2D eigenvalue weighted by Crippen LogP contribution is -2.02. The van der Waals surface area contributed by atoms with Crippen LogP contribution < -0.4 is 4.74 Å². The summed E-state index contributed by atoms with van der Waals surface area (Å²) in [5.41, 5.74) is 0.255. The fraction of sp³-hybridized carbons (Fsp3) is 0.222.